The summed E-state index contributed by atoms with van der Waals surface area (Å²) in [6.45, 7) is 0.537. The molecule has 126 valence electrons. The molecule has 0 aliphatic carbocycles. The van der Waals surface area contributed by atoms with Crippen LogP contribution in [-0.4, -0.2) is 23.6 Å². The molecule has 3 heterocycles. The number of hydrogen-bond acceptors (Lipinski definition) is 5. The lowest BCUT2D eigenvalue weighted by atomic mass is 10.1. The van der Waals surface area contributed by atoms with Gasteiger partial charge in [-0.1, -0.05) is 12.1 Å². The highest BCUT2D eigenvalue weighted by Crippen LogP contribution is 2.30. The van der Waals surface area contributed by atoms with Crippen LogP contribution < -0.4 is 14.8 Å². The molecule has 6 nitrogen and oxygen atoms in total. The number of pyridine rings is 1. The lowest BCUT2D eigenvalue weighted by Gasteiger charge is -2.25. The molecule has 4 rings (SSSR count). The zero-order valence-electron chi connectivity index (χ0n) is 13.3. The molecule has 0 unspecified atom stereocenters. The number of carbonyl (C=O) groups is 1. The first kappa shape index (κ1) is 15.3. The summed E-state index contributed by atoms with van der Waals surface area (Å²) in [7, 11) is 0. The van der Waals surface area contributed by atoms with Gasteiger partial charge in [0.05, 0.1) is 6.26 Å². The molecule has 25 heavy (non-hydrogen) atoms. The predicted molar refractivity (Wildman–Crippen MR) is 90.1 cm³/mol. The minimum Gasteiger partial charge on any atom is -0.485 e. The molecule has 1 N–H and O–H groups in total. The van der Waals surface area contributed by atoms with Crippen molar-refractivity contribution in [2.75, 3.05) is 6.61 Å². The van der Waals surface area contributed by atoms with Crippen molar-refractivity contribution in [2.45, 2.75) is 12.6 Å². The van der Waals surface area contributed by atoms with E-state index in [1.54, 1.807) is 24.7 Å². The van der Waals surface area contributed by atoms with Gasteiger partial charge in [0.25, 0.3) is 5.91 Å². The maximum absolute atomic E-state index is 12.3. The first-order valence-corrected chi connectivity index (χ1v) is 7.93. The second kappa shape index (κ2) is 6.68. The van der Waals surface area contributed by atoms with Crippen molar-refractivity contribution in [2.24, 2.45) is 0 Å². The van der Waals surface area contributed by atoms with Gasteiger partial charge in [0.2, 0.25) is 6.10 Å². The Morgan fingerprint density at radius 3 is 2.88 bits per heavy atom. The van der Waals surface area contributed by atoms with Crippen LogP contribution in [-0.2, 0) is 11.3 Å². The van der Waals surface area contributed by atoms with E-state index in [0.29, 0.717) is 18.0 Å². The number of nitrogens with one attached hydrogen (secondary N) is 1. The number of para-hydroxylation sites is 2. The minimum atomic E-state index is -0.670. The predicted octanol–water partition coefficient (Wildman–Crippen LogP) is 2.80. The van der Waals surface area contributed by atoms with E-state index in [0.717, 1.165) is 16.9 Å². The van der Waals surface area contributed by atoms with Gasteiger partial charge in [-0.05, 0) is 35.9 Å². The van der Waals surface area contributed by atoms with Crippen molar-refractivity contribution >= 4 is 5.91 Å². The summed E-state index contributed by atoms with van der Waals surface area (Å²) in [4.78, 5) is 16.5. The van der Waals surface area contributed by atoms with Gasteiger partial charge in [0.1, 0.15) is 12.4 Å². The molecule has 0 fully saturated rings. The number of hydrogen-bond donors (Lipinski definition) is 1. The van der Waals surface area contributed by atoms with Crippen LogP contribution in [0.2, 0.25) is 0 Å². The largest absolute Gasteiger partial charge is 0.485 e. The summed E-state index contributed by atoms with van der Waals surface area (Å²) in [5.74, 6) is 1.75. The van der Waals surface area contributed by atoms with Crippen molar-refractivity contribution in [3.8, 4) is 22.8 Å². The average molecular weight is 336 g/mol. The molecule has 0 spiro atoms. The number of aromatic nitrogens is 1. The SMILES string of the molecule is O=C(NCc1cncc(-c2ccco2)c1)[C@@H]1COc2ccccc2O1. The second-order valence-electron chi connectivity index (χ2n) is 5.64. The molecule has 0 saturated heterocycles. The van der Waals surface area contributed by atoms with Crippen LogP contribution >= 0.6 is 0 Å². The van der Waals surface area contributed by atoms with Gasteiger partial charge < -0.3 is 19.2 Å². The quantitative estimate of drug-likeness (QED) is 0.793. The Balaban J connectivity index is 1.39. The Morgan fingerprint density at radius 1 is 1.16 bits per heavy atom. The zero-order valence-corrected chi connectivity index (χ0v) is 13.3. The number of fused-ring (bicyclic) bond motifs is 1. The Labute approximate surface area is 144 Å². The molecule has 0 saturated carbocycles. The lowest BCUT2D eigenvalue weighted by molar-refractivity contribution is -0.130. The van der Waals surface area contributed by atoms with Gasteiger partial charge in [-0.2, -0.15) is 0 Å². The molecule has 1 aliphatic rings. The van der Waals surface area contributed by atoms with Crippen LogP contribution in [0.25, 0.3) is 11.3 Å². The molecule has 6 heteroatoms. The fourth-order valence-electron chi connectivity index (χ4n) is 2.61. The van der Waals surface area contributed by atoms with Gasteiger partial charge in [-0.3, -0.25) is 9.78 Å². The van der Waals surface area contributed by atoms with E-state index in [1.807, 2.05) is 36.4 Å². The van der Waals surface area contributed by atoms with Gasteiger partial charge >= 0.3 is 0 Å². The van der Waals surface area contributed by atoms with Crippen molar-refractivity contribution in [3.63, 3.8) is 0 Å². The molecule has 1 atom stereocenters. The molecule has 0 radical (unpaired) electrons. The maximum atomic E-state index is 12.3. The first-order valence-electron chi connectivity index (χ1n) is 7.93. The van der Waals surface area contributed by atoms with Gasteiger partial charge in [0, 0.05) is 24.5 Å². The number of ether oxygens (including phenoxy) is 2. The Bertz CT molecular complexity index is 877. The minimum absolute atomic E-state index is 0.188. The third kappa shape index (κ3) is 3.33. The number of carbonyl (C=O) groups excluding carboxylic acids is 1. The van der Waals surface area contributed by atoms with Crippen LogP contribution in [0.4, 0.5) is 0 Å². The summed E-state index contributed by atoms with van der Waals surface area (Å²) in [6, 6.07) is 12.9. The highest BCUT2D eigenvalue weighted by molar-refractivity contribution is 5.81. The number of amides is 1. The van der Waals surface area contributed by atoms with E-state index in [4.69, 9.17) is 13.9 Å². The fourth-order valence-corrected chi connectivity index (χ4v) is 2.61. The molecule has 1 amide bonds. The van der Waals surface area contributed by atoms with Crippen molar-refractivity contribution in [1.29, 1.82) is 0 Å². The zero-order chi connectivity index (χ0) is 17.1. The fraction of sp³-hybridized carbons (Fsp3) is 0.158. The third-order valence-corrected chi connectivity index (χ3v) is 3.87. The summed E-state index contributed by atoms with van der Waals surface area (Å²) in [5.41, 5.74) is 1.74. The third-order valence-electron chi connectivity index (χ3n) is 3.87. The Kier molecular flexibility index (Phi) is 4.08. The number of benzene rings is 1. The van der Waals surface area contributed by atoms with Crippen LogP contribution in [0.15, 0.2) is 65.5 Å². The monoisotopic (exact) mass is 336 g/mol. The molecular weight excluding hydrogens is 320 g/mol. The standard InChI is InChI=1S/C19H16N2O4/c22-19(18-12-24-16-4-1-2-5-17(16)25-18)21-10-13-8-14(11-20-9-13)15-6-3-7-23-15/h1-9,11,18H,10,12H2,(H,21,22)/t18-/m0/s1. The van der Waals surface area contributed by atoms with Crippen LogP contribution in [0.3, 0.4) is 0 Å². The molecule has 0 bridgehead atoms. The van der Waals surface area contributed by atoms with Crippen molar-refractivity contribution in [3.05, 3.63) is 66.7 Å². The molecule has 1 aliphatic heterocycles. The number of rotatable bonds is 4. The normalized spacial score (nSPS) is 15.6. The second-order valence-corrected chi connectivity index (χ2v) is 5.64. The summed E-state index contributed by atoms with van der Waals surface area (Å²) >= 11 is 0. The van der Waals surface area contributed by atoms with E-state index < -0.39 is 6.10 Å². The van der Waals surface area contributed by atoms with Gasteiger partial charge in [-0.25, -0.2) is 0 Å². The van der Waals surface area contributed by atoms with E-state index in [-0.39, 0.29) is 12.5 Å². The molecule has 2 aromatic heterocycles. The van der Waals surface area contributed by atoms with Crippen LogP contribution in [0.5, 0.6) is 11.5 Å². The summed E-state index contributed by atoms with van der Waals surface area (Å²) < 4.78 is 16.6. The molecular formula is C19H16N2O4. The molecule has 3 aromatic rings. The van der Waals surface area contributed by atoms with Crippen molar-refractivity contribution in [1.82, 2.24) is 10.3 Å². The Morgan fingerprint density at radius 2 is 2.04 bits per heavy atom. The molecule has 1 aromatic carbocycles. The summed E-state index contributed by atoms with van der Waals surface area (Å²) in [5, 5.41) is 2.86. The number of furan rings is 1. The van der Waals surface area contributed by atoms with E-state index >= 15 is 0 Å². The average Bonchev–Trinajstić information content (AvgIpc) is 3.21. The maximum Gasteiger partial charge on any atom is 0.264 e. The van der Waals surface area contributed by atoms with Crippen LogP contribution in [0, 0.1) is 0 Å². The smallest absolute Gasteiger partial charge is 0.264 e. The lowest BCUT2D eigenvalue weighted by Crippen LogP contribution is -2.43. The Hall–Kier alpha value is -3.28. The topological polar surface area (TPSA) is 73.6 Å². The van der Waals surface area contributed by atoms with E-state index in [1.165, 1.54) is 0 Å². The van der Waals surface area contributed by atoms with E-state index in [9.17, 15) is 4.79 Å². The summed E-state index contributed by atoms with van der Waals surface area (Å²) in [6.07, 6.45) is 4.37. The highest BCUT2D eigenvalue weighted by atomic mass is 16.6. The van der Waals surface area contributed by atoms with Crippen LogP contribution in [0.1, 0.15) is 5.56 Å². The number of nitrogens with zero attached hydrogens (tertiary/aromatic N) is 1. The first-order chi connectivity index (χ1) is 12.3. The van der Waals surface area contributed by atoms with Gasteiger partial charge in [0.15, 0.2) is 11.5 Å². The highest BCUT2D eigenvalue weighted by Gasteiger charge is 2.26. The van der Waals surface area contributed by atoms with Crippen molar-refractivity contribution < 1.29 is 18.7 Å². The van der Waals surface area contributed by atoms with E-state index in [2.05, 4.69) is 10.3 Å². The van der Waals surface area contributed by atoms with Gasteiger partial charge in [-0.15, -0.1) is 0 Å².